The van der Waals surface area contributed by atoms with E-state index in [1.54, 1.807) is 43.3 Å². The van der Waals surface area contributed by atoms with Crippen LogP contribution in [0.25, 0.3) is 0 Å². The molecule has 0 heterocycles. The molecule has 0 spiro atoms. The zero-order valence-electron chi connectivity index (χ0n) is 13.0. The molecule has 5 heteroatoms. The third kappa shape index (κ3) is 4.31. The molecule has 1 amide bonds. The number of aryl methyl sites for hydroxylation is 1. The topological polar surface area (TPSA) is 82.3 Å². The first kappa shape index (κ1) is 16.5. The Bertz CT molecular complexity index is 750. The third-order valence-electron chi connectivity index (χ3n) is 3.39. The second-order valence-electron chi connectivity index (χ2n) is 5.20. The van der Waals surface area contributed by atoms with Gasteiger partial charge in [0.15, 0.2) is 6.10 Å². The summed E-state index contributed by atoms with van der Waals surface area (Å²) in [6.45, 7) is 3.43. The summed E-state index contributed by atoms with van der Waals surface area (Å²) in [5, 5.41) is 20.8. The molecule has 0 aliphatic heterocycles. The van der Waals surface area contributed by atoms with Crippen molar-refractivity contribution in [2.24, 2.45) is 0 Å². The van der Waals surface area contributed by atoms with E-state index in [9.17, 15) is 9.90 Å². The number of rotatable bonds is 5. The van der Waals surface area contributed by atoms with Gasteiger partial charge in [-0.3, -0.25) is 4.79 Å². The van der Waals surface area contributed by atoms with Crippen molar-refractivity contribution in [2.75, 3.05) is 5.32 Å². The van der Waals surface area contributed by atoms with Gasteiger partial charge in [-0.05, 0) is 49.2 Å². The second-order valence-corrected chi connectivity index (χ2v) is 5.20. The molecule has 5 nitrogen and oxygen atoms in total. The molecule has 0 bridgehead atoms. The Hall–Kier alpha value is -2.84. The van der Waals surface area contributed by atoms with Crippen LogP contribution in [-0.4, -0.2) is 17.1 Å². The summed E-state index contributed by atoms with van der Waals surface area (Å²) < 4.78 is 5.57. The molecule has 1 atom stereocenters. The first-order valence-corrected chi connectivity index (χ1v) is 7.21. The highest BCUT2D eigenvalue weighted by Gasteiger charge is 2.16. The summed E-state index contributed by atoms with van der Waals surface area (Å²) in [5.74, 6) is 0.165. The highest BCUT2D eigenvalue weighted by atomic mass is 16.5. The van der Waals surface area contributed by atoms with Gasteiger partial charge in [-0.1, -0.05) is 18.2 Å². The minimum atomic E-state index is -0.721. The van der Waals surface area contributed by atoms with E-state index in [0.717, 1.165) is 11.1 Å². The van der Waals surface area contributed by atoms with E-state index in [0.29, 0.717) is 17.0 Å². The Kier molecular flexibility index (Phi) is 5.34. The molecule has 2 N–H and O–H groups in total. The predicted molar refractivity (Wildman–Crippen MR) is 87.0 cm³/mol. The van der Waals surface area contributed by atoms with Crippen molar-refractivity contribution in [2.45, 2.75) is 26.6 Å². The molecule has 2 rings (SSSR count). The number of benzene rings is 2. The van der Waals surface area contributed by atoms with Crippen LogP contribution in [0.5, 0.6) is 5.75 Å². The summed E-state index contributed by atoms with van der Waals surface area (Å²) in [6.07, 6.45) is -0.721. The molecule has 118 valence electrons. The number of hydrogen-bond donors (Lipinski definition) is 2. The maximum absolute atomic E-state index is 12.3. The zero-order chi connectivity index (χ0) is 16.8. The minimum Gasteiger partial charge on any atom is -0.481 e. The SMILES string of the molecule is Cc1ccc(CO)cc1NC(=O)C(C)Oc1cccc(C#N)c1. The number of carbonyl (C=O) groups excluding carboxylic acids is 1. The summed E-state index contributed by atoms with van der Waals surface area (Å²) in [5.41, 5.74) is 2.74. The first-order chi connectivity index (χ1) is 11.0. The number of anilines is 1. The largest absolute Gasteiger partial charge is 0.481 e. The van der Waals surface area contributed by atoms with Crippen molar-refractivity contribution < 1.29 is 14.6 Å². The Morgan fingerprint density at radius 2 is 2.13 bits per heavy atom. The van der Waals surface area contributed by atoms with E-state index in [1.807, 2.05) is 19.1 Å². The minimum absolute atomic E-state index is 0.0871. The van der Waals surface area contributed by atoms with Crippen molar-refractivity contribution in [3.05, 3.63) is 59.2 Å². The Labute approximate surface area is 135 Å². The molecule has 2 aromatic carbocycles. The number of nitrogens with one attached hydrogen (secondary N) is 1. The summed E-state index contributed by atoms with van der Waals surface area (Å²) in [4.78, 5) is 12.3. The third-order valence-corrected chi connectivity index (χ3v) is 3.39. The Morgan fingerprint density at radius 1 is 1.35 bits per heavy atom. The predicted octanol–water partition coefficient (Wildman–Crippen LogP) is 2.77. The van der Waals surface area contributed by atoms with Gasteiger partial charge in [-0.2, -0.15) is 5.26 Å². The average molecular weight is 310 g/mol. The highest BCUT2D eigenvalue weighted by molar-refractivity contribution is 5.94. The lowest BCUT2D eigenvalue weighted by Gasteiger charge is -2.16. The summed E-state index contributed by atoms with van der Waals surface area (Å²) in [6, 6.07) is 14.0. The second kappa shape index (κ2) is 7.43. The zero-order valence-corrected chi connectivity index (χ0v) is 13.0. The van der Waals surface area contributed by atoms with E-state index in [2.05, 4.69) is 5.32 Å². The van der Waals surface area contributed by atoms with Crippen LogP contribution in [0.4, 0.5) is 5.69 Å². The van der Waals surface area contributed by atoms with Crippen molar-refractivity contribution >= 4 is 11.6 Å². The number of aliphatic hydroxyl groups excluding tert-OH is 1. The van der Waals surface area contributed by atoms with E-state index in [-0.39, 0.29) is 12.5 Å². The quantitative estimate of drug-likeness (QED) is 0.889. The molecule has 0 saturated heterocycles. The molecule has 0 fully saturated rings. The van der Waals surface area contributed by atoms with Crippen molar-refractivity contribution in [3.8, 4) is 11.8 Å². The van der Waals surface area contributed by atoms with Gasteiger partial charge < -0.3 is 15.2 Å². The monoisotopic (exact) mass is 310 g/mol. The molecule has 0 aliphatic carbocycles. The number of aliphatic hydroxyl groups is 1. The van der Waals surface area contributed by atoms with Crippen molar-refractivity contribution in [1.29, 1.82) is 5.26 Å². The van der Waals surface area contributed by atoms with E-state index in [4.69, 9.17) is 10.00 Å². The van der Waals surface area contributed by atoms with Gasteiger partial charge >= 0.3 is 0 Å². The maximum atomic E-state index is 12.3. The Morgan fingerprint density at radius 3 is 2.83 bits per heavy atom. The number of amides is 1. The normalized spacial score (nSPS) is 11.4. The molecule has 0 radical (unpaired) electrons. The molecule has 23 heavy (non-hydrogen) atoms. The highest BCUT2D eigenvalue weighted by Crippen LogP contribution is 2.19. The molecular weight excluding hydrogens is 292 g/mol. The van der Waals surface area contributed by atoms with Gasteiger partial charge in [0.25, 0.3) is 5.91 Å². The summed E-state index contributed by atoms with van der Waals surface area (Å²) in [7, 11) is 0. The summed E-state index contributed by atoms with van der Waals surface area (Å²) >= 11 is 0. The van der Waals surface area contributed by atoms with Crippen LogP contribution in [-0.2, 0) is 11.4 Å². The van der Waals surface area contributed by atoms with Crippen LogP contribution in [0.1, 0.15) is 23.6 Å². The molecule has 0 saturated carbocycles. The number of ether oxygens (including phenoxy) is 1. The fourth-order valence-corrected chi connectivity index (χ4v) is 2.03. The number of hydrogen-bond acceptors (Lipinski definition) is 4. The van der Waals surface area contributed by atoms with Crippen LogP contribution in [0.15, 0.2) is 42.5 Å². The first-order valence-electron chi connectivity index (χ1n) is 7.21. The fourth-order valence-electron chi connectivity index (χ4n) is 2.03. The number of nitriles is 1. The molecule has 0 aliphatic rings. The van der Waals surface area contributed by atoms with Gasteiger partial charge in [0.05, 0.1) is 18.2 Å². The fraction of sp³-hybridized carbons (Fsp3) is 0.222. The number of carbonyl (C=O) groups is 1. The molecular formula is C18H18N2O3. The number of nitrogens with zero attached hydrogens (tertiary/aromatic N) is 1. The smallest absolute Gasteiger partial charge is 0.265 e. The van der Waals surface area contributed by atoms with E-state index >= 15 is 0 Å². The van der Waals surface area contributed by atoms with Crippen LogP contribution < -0.4 is 10.1 Å². The van der Waals surface area contributed by atoms with Gasteiger partial charge in [0, 0.05) is 5.69 Å². The van der Waals surface area contributed by atoms with Crippen molar-refractivity contribution in [3.63, 3.8) is 0 Å². The van der Waals surface area contributed by atoms with Crippen LogP contribution >= 0.6 is 0 Å². The van der Waals surface area contributed by atoms with Gasteiger partial charge in [0.2, 0.25) is 0 Å². The lowest BCUT2D eigenvalue weighted by Crippen LogP contribution is -2.30. The van der Waals surface area contributed by atoms with Gasteiger partial charge in [-0.15, -0.1) is 0 Å². The van der Waals surface area contributed by atoms with E-state index < -0.39 is 6.10 Å². The molecule has 1 unspecified atom stereocenters. The Balaban J connectivity index is 2.07. The lowest BCUT2D eigenvalue weighted by molar-refractivity contribution is -0.122. The van der Waals surface area contributed by atoms with Crippen LogP contribution in [0, 0.1) is 18.3 Å². The lowest BCUT2D eigenvalue weighted by atomic mass is 10.1. The molecule has 0 aromatic heterocycles. The standard InChI is InChI=1S/C18H18N2O3/c1-12-6-7-15(11-21)9-17(12)20-18(22)13(2)23-16-5-3-4-14(8-16)10-19/h3-9,13,21H,11H2,1-2H3,(H,20,22). The van der Waals surface area contributed by atoms with Crippen LogP contribution in [0.2, 0.25) is 0 Å². The average Bonchev–Trinajstić information content (AvgIpc) is 2.56. The molecule has 2 aromatic rings. The van der Waals surface area contributed by atoms with Crippen LogP contribution in [0.3, 0.4) is 0 Å². The van der Waals surface area contributed by atoms with Gasteiger partial charge in [0.1, 0.15) is 5.75 Å². The van der Waals surface area contributed by atoms with E-state index in [1.165, 1.54) is 0 Å². The van der Waals surface area contributed by atoms with Gasteiger partial charge in [-0.25, -0.2) is 0 Å². The maximum Gasteiger partial charge on any atom is 0.265 e. The van der Waals surface area contributed by atoms with Crippen molar-refractivity contribution in [1.82, 2.24) is 0 Å².